The van der Waals surface area contributed by atoms with Gasteiger partial charge in [0.15, 0.2) is 17.3 Å². The van der Waals surface area contributed by atoms with Crippen LogP contribution in [-0.2, 0) is 0 Å². The Morgan fingerprint density at radius 2 is 1.68 bits per heavy atom. The summed E-state index contributed by atoms with van der Waals surface area (Å²) in [5.74, 6) is -0.535. The molecule has 0 fully saturated rings. The van der Waals surface area contributed by atoms with Crippen LogP contribution < -0.4 is 4.74 Å². The second kappa shape index (κ2) is 4.17. The number of Topliss-reactive ketones (excluding diaryl/α,β-unsaturated/α-hetero) is 1. The summed E-state index contributed by atoms with van der Waals surface area (Å²) >= 11 is 0. The lowest BCUT2D eigenvalue weighted by Gasteiger charge is -2.00. The lowest BCUT2D eigenvalue weighted by atomic mass is 10.1. The number of carbonyl (C=O) groups excluding carboxylic acids is 1. The van der Waals surface area contributed by atoms with Gasteiger partial charge in [-0.2, -0.15) is 0 Å². The summed E-state index contributed by atoms with van der Waals surface area (Å²) in [5.41, 5.74) is 1.09. The fourth-order valence-corrected chi connectivity index (χ4v) is 1.91. The Hall–Kier alpha value is -2.75. The van der Waals surface area contributed by atoms with E-state index in [0.29, 0.717) is 0 Å². The highest BCUT2D eigenvalue weighted by atomic mass is 16.5. The number of phenolic OH excluding ortho intramolecular Hbond substituents is 2. The van der Waals surface area contributed by atoms with Crippen molar-refractivity contribution in [1.82, 2.24) is 0 Å². The van der Waals surface area contributed by atoms with Gasteiger partial charge in [-0.25, -0.2) is 0 Å². The molecule has 19 heavy (non-hydrogen) atoms. The van der Waals surface area contributed by atoms with E-state index in [1.807, 2.05) is 30.3 Å². The van der Waals surface area contributed by atoms with Crippen molar-refractivity contribution >= 4 is 11.9 Å². The molecule has 2 aromatic rings. The van der Waals surface area contributed by atoms with Crippen LogP contribution in [0, 0.1) is 0 Å². The molecule has 3 rings (SSSR count). The summed E-state index contributed by atoms with van der Waals surface area (Å²) in [6, 6.07) is 11.7. The van der Waals surface area contributed by atoms with Crippen LogP contribution in [-0.4, -0.2) is 16.0 Å². The number of hydrogen-bond acceptors (Lipinski definition) is 4. The predicted molar refractivity (Wildman–Crippen MR) is 69.1 cm³/mol. The molecule has 0 radical (unpaired) electrons. The maximum Gasteiger partial charge on any atom is 0.232 e. The maximum absolute atomic E-state index is 12.1. The van der Waals surface area contributed by atoms with E-state index in [0.717, 1.165) is 5.56 Å². The first-order valence-corrected chi connectivity index (χ1v) is 5.70. The van der Waals surface area contributed by atoms with Crippen molar-refractivity contribution in [2.75, 3.05) is 0 Å². The summed E-state index contributed by atoms with van der Waals surface area (Å²) in [7, 11) is 0. The Morgan fingerprint density at radius 3 is 2.42 bits per heavy atom. The van der Waals surface area contributed by atoms with Crippen molar-refractivity contribution in [1.29, 1.82) is 0 Å². The number of carbonyl (C=O) groups is 1. The summed E-state index contributed by atoms with van der Waals surface area (Å²) < 4.78 is 5.40. The van der Waals surface area contributed by atoms with E-state index in [2.05, 4.69) is 0 Å². The van der Waals surface area contributed by atoms with E-state index in [1.165, 1.54) is 12.1 Å². The fourth-order valence-electron chi connectivity index (χ4n) is 1.91. The van der Waals surface area contributed by atoms with Crippen LogP contribution in [0.1, 0.15) is 15.9 Å². The first kappa shape index (κ1) is 11.3. The van der Waals surface area contributed by atoms with Gasteiger partial charge in [0.1, 0.15) is 5.75 Å². The Bertz CT molecular complexity index is 687. The summed E-state index contributed by atoms with van der Waals surface area (Å²) in [4.78, 5) is 12.1. The van der Waals surface area contributed by atoms with E-state index < -0.39 is 0 Å². The average Bonchev–Trinajstić information content (AvgIpc) is 2.69. The average molecular weight is 254 g/mol. The number of hydrogen-bond donors (Lipinski definition) is 2. The molecule has 94 valence electrons. The molecular weight excluding hydrogens is 244 g/mol. The first-order valence-electron chi connectivity index (χ1n) is 5.70. The summed E-state index contributed by atoms with van der Waals surface area (Å²) in [6.45, 7) is 0. The molecule has 4 heteroatoms. The van der Waals surface area contributed by atoms with Crippen molar-refractivity contribution in [2.24, 2.45) is 0 Å². The summed E-state index contributed by atoms with van der Waals surface area (Å²) in [5, 5.41) is 18.8. The Balaban J connectivity index is 2.02. The van der Waals surface area contributed by atoms with E-state index >= 15 is 0 Å². The molecule has 0 atom stereocenters. The van der Waals surface area contributed by atoms with Gasteiger partial charge >= 0.3 is 0 Å². The summed E-state index contributed by atoms with van der Waals surface area (Å²) in [6.07, 6.45) is 1.62. The van der Waals surface area contributed by atoms with E-state index in [9.17, 15) is 15.0 Å². The third-order valence-electron chi connectivity index (χ3n) is 2.86. The molecule has 1 heterocycles. The van der Waals surface area contributed by atoms with Gasteiger partial charge in [-0.1, -0.05) is 30.3 Å². The zero-order chi connectivity index (χ0) is 13.4. The van der Waals surface area contributed by atoms with Gasteiger partial charge in [-0.15, -0.1) is 0 Å². The largest absolute Gasteiger partial charge is 0.504 e. The first-order chi connectivity index (χ1) is 9.15. The molecule has 0 saturated carbocycles. The predicted octanol–water partition coefficient (Wildman–Crippen LogP) is 2.71. The van der Waals surface area contributed by atoms with E-state index in [4.69, 9.17) is 4.74 Å². The zero-order valence-corrected chi connectivity index (χ0v) is 9.83. The second-order valence-electron chi connectivity index (χ2n) is 4.19. The molecule has 1 aliphatic rings. The quantitative estimate of drug-likeness (QED) is 0.606. The highest BCUT2D eigenvalue weighted by molar-refractivity contribution is 6.14. The highest BCUT2D eigenvalue weighted by Crippen LogP contribution is 2.39. The smallest absolute Gasteiger partial charge is 0.232 e. The minimum absolute atomic E-state index is 0.172. The van der Waals surface area contributed by atoms with Gasteiger partial charge in [0.2, 0.25) is 5.78 Å². The van der Waals surface area contributed by atoms with Crippen LogP contribution in [0.3, 0.4) is 0 Å². The lowest BCUT2D eigenvalue weighted by molar-refractivity contribution is 0.101. The Labute approximate surface area is 109 Å². The molecule has 0 amide bonds. The monoisotopic (exact) mass is 254 g/mol. The number of benzene rings is 2. The number of phenols is 2. The standard InChI is InChI=1S/C15H10O4/c16-11-7-10-13(8-12(11)17)19-14(15(10)18)6-9-4-2-1-3-5-9/h1-8,16-17H/b14-6-. The van der Waals surface area contributed by atoms with Crippen molar-refractivity contribution in [3.63, 3.8) is 0 Å². The topological polar surface area (TPSA) is 66.8 Å². The number of aromatic hydroxyl groups is 2. The van der Waals surface area contributed by atoms with Crippen molar-refractivity contribution in [3.8, 4) is 17.2 Å². The fraction of sp³-hybridized carbons (Fsp3) is 0. The second-order valence-corrected chi connectivity index (χ2v) is 4.19. The molecule has 0 aromatic heterocycles. The van der Waals surface area contributed by atoms with Crippen molar-refractivity contribution in [3.05, 3.63) is 59.4 Å². The van der Waals surface area contributed by atoms with Crippen LogP contribution in [0.15, 0.2) is 48.2 Å². The molecule has 0 saturated heterocycles. The SMILES string of the molecule is O=C1/C(=C/c2ccccc2)Oc2cc(O)c(O)cc21. The van der Waals surface area contributed by atoms with Gasteiger partial charge in [-0.05, 0) is 17.7 Å². The van der Waals surface area contributed by atoms with Crippen LogP contribution in [0.5, 0.6) is 17.2 Å². The van der Waals surface area contributed by atoms with Crippen molar-refractivity contribution in [2.45, 2.75) is 0 Å². The Morgan fingerprint density at radius 1 is 1.00 bits per heavy atom. The Kier molecular flexibility index (Phi) is 2.49. The number of ketones is 1. The highest BCUT2D eigenvalue weighted by Gasteiger charge is 2.28. The molecule has 0 bridgehead atoms. The molecule has 4 nitrogen and oxygen atoms in total. The van der Waals surface area contributed by atoms with Crippen LogP contribution in [0.2, 0.25) is 0 Å². The molecular formula is C15H10O4. The van der Waals surface area contributed by atoms with Gasteiger partial charge in [0, 0.05) is 6.07 Å². The van der Waals surface area contributed by atoms with Gasteiger partial charge in [0.25, 0.3) is 0 Å². The zero-order valence-electron chi connectivity index (χ0n) is 9.83. The van der Waals surface area contributed by atoms with Crippen LogP contribution >= 0.6 is 0 Å². The van der Waals surface area contributed by atoms with Crippen molar-refractivity contribution < 1.29 is 19.7 Å². The molecule has 0 unspecified atom stereocenters. The third-order valence-corrected chi connectivity index (χ3v) is 2.86. The minimum Gasteiger partial charge on any atom is -0.504 e. The minimum atomic E-state index is -0.336. The molecule has 0 spiro atoms. The van der Waals surface area contributed by atoms with E-state index in [1.54, 1.807) is 6.08 Å². The number of rotatable bonds is 1. The number of fused-ring (bicyclic) bond motifs is 1. The van der Waals surface area contributed by atoms with Crippen LogP contribution in [0.4, 0.5) is 0 Å². The van der Waals surface area contributed by atoms with Crippen LogP contribution in [0.25, 0.3) is 6.08 Å². The molecule has 0 aliphatic carbocycles. The third kappa shape index (κ3) is 1.93. The van der Waals surface area contributed by atoms with Gasteiger partial charge < -0.3 is 14.9 Å². The number of allylic oxidation sites excluding steroid dienone is 1. The molecule has 1 aliphatic heterocycles. The molecule has 2 N–H and O–H groups in total. The lowest BCUT2D eigenvalue weighted by Crippen LogP contribution is -1.97. The molecule has 2 aromatic carbocycles. The van der Waals surface area contributed by atoms with E-state index in [-0.39, 0.29) is 34.4 Å². The maximum atomic E-state index is 12.1. The van der Waals surface area contributed by atoms with Gasteiger partial charge in [-0.3, -0.25) is 4.79 Å². The normalized spacial score (nSPS) is 15.4. The number of ether oxygens (including phenoxy) is 1. The van der Waals surface area contributed by atoms with Gasteiger partial charge in [0.05, 0.1) is 5.56 Å².